The summed E-state index contributed by atoms with van der Waals surface area (Å²) in [7, 11) is 0. The molecule has 128 valence electrons. The van der Waals surface area contributed by atoms with Crippen molar-refractivity contribution in [2.45, 2.75) is 13.2 Å². The summed E-state index contributed by atoms with van der Waals surface area (Å²) < 4.78 is 13.3. The third-order valence-corrected chi connectivity index (χ3v) is 4.80. The maximum atomic E-state index is 12.5. The molecule has 24 heavy (non-hydrogen) atoms. The highest BCUT2D eigenvalue weighted by Crippen LogP contribution is 2.21. The largest absolute Gasteiger partial charge is 0.487 e. The molecule has 2 heterocycles. The molecule has 0 spiro atoms. The maximum Gasteiger partial charge on any atom is 0.268 e. The molecule has 1 saturated heterocycles. The summed E-state index contributed by atoms with van der Waals surface area (Å²) in [4.78, 5) is 14.8. The third kappa shape index (κ3) is 4.47. The van der Waals surface area contributed by atoms with Gasteiger partial charge in [0.1, 0.15) is 16.8 Å². The summed E-state index contributed by atoms with van der Waals surface area (Å²) in [6, 6.07) is 11.7. The minimum Gasteiger partial charge on any atom is -0.487 e. The zero-order valence-corrected chi connectivity index (χ0v) is 15.1. The van der Waals surface area contributed by atoms with E-state index >= 15 is 0 Å². The van der Waals surface area contributed by atoms with Gasteiger partial charge in [-0.25, -0.2) is 0 Å². The summed E-state index contributed by atoms with van der Waals surface area (Å²) >= 11 is 3.38. The van der Waals surface area contributed by atoms with Crippen LogP contribution in [0.25, 0.3) is 0 Å². The smallest absolute Gasteiger partial charge is 0.268 e. The number of ether oxygens (including phenoxy) is 2. The molecule has 0 saturated carbocycles. The number of benzene rings is 1. The standard InChI is InChI=1S/C18H21BrN2O3/c19-17-16(24-14-15-4-2-1-3-5-15)6-7-21(18(17)22)9-8-20-10-12-23-13-11-20/h1-7H,8-14H2. The van der Waals surface area contributed by atoms with Crippen molar-refractivity contribution >= 4 is 15.9 Å². The van der Waals surface area contributed by atoms with Gasteiger partial charge in [-0.05, 0) is 27.6 Å². The molecule has 0 N–H and O–H groups in total. The molecule has 3 rings (SSSR count). The van der Waals surface area contributed by atoms with Crippen molar-refractivity contribution in [3.8, 4) is 5.75 Å². The van der Waals surface area contributed by atoms with Crippen LogP contribution in [-0.4, -0.2) is 42.3 Å². The van der Waals surface area contributed by atoms with Crippen molar-refractivity contribution in [1.29, 1.82) is 0 Å². The molecular weight excluding hydrogens is 372 g/mol. The molecule has 1 aliphatic heterocycles. The molecule has 1 aliphatic rings. The van der Waals surface area contributed by atoms with Gasteiger partial charge in [0.15, 0.2) is 0 Å². The topological polar surface area (TPSA) is 43.7 Å². The van der Waals surface area contributed by atoms with E-state index in [0.717, 1.165) is 38.4 Å². The number of aromatic nitrogens is 1. The van der Waals surface area contributed by atoms with Crippen LogP contribution >= 0.6 is 15.9 Å². The first-order valence-electron chi connectivity index (χ1n) is 8.10. The quantitative estimate of drug-likeness (QED) is 0.757. The van der Waals surface area contributed by atoms with Gasteiger partial charge in [0.05, 0.1) is 13.2 Å². The second kappa shape index (κ2) is 8.46. The van der Waals surface area contributed by atoms with E-state index in [9.17, 15) is 4.79 Å². The summed E-state index contributed by atoms with van der Waals surface area (Å²) in [5.74, 6) is 0.575. The Labute approximate surface area is 149 Å². The molecule has 6 heteroatoms. The van der Waals surface area contributed by atoms with Gasteiger partial charge >= 0.3 is 0 Å². The number of nitrogens with zero attached hydrogens (tertiary/aromatic N) is 2. The van der Waals surface area contributed by atoms with Crippen LogP contribution in [0.3, 0.4) is 0 Å². The fraction of sp³-hybridized carbons (Fsp3) is 0.389. The molecule has 1 aromatic carbocycles. The average molecular weight is 393 g/mol. The van der Waals surface area contributed by atoms with E-state index in [4.69, 9.17) is 9.47 Å². The van der Waals surface area contributed by atoms with E-state index in [1.54, 1.807) is 10.8 Å². The van der Waals surface area contributed by atoms with E-state index in [0.29, 0.717) is 23.4 Å². The zero-order chi connectivity index (χ0) is 16.8. The summed E-state index contributed by atoms with van der Waals surface area (Å²) in [6.45, 7) is 5.34. The molecule has 0 radical (unpaired) electrons. The number of halogens is 1. The summed E-state index contributed by atoms with van der Waals surface area (Å²) in [5.41, 5.74) is 1.01. The zero-order valence-electron chi connectivity index (χ0n) is 13.5. The Morgan fingerprint density at radius 3 is 2.58 bits per heavy atom. The van der Waals surface area contributed by atoms with Gasteiger partial charge in [0.25, 0.3) is 5.56 Å². The Kier molecular flexibility index (Phi) is 6.07. The predicted molar refractivity (Wildman–Crippen MR) is 96.4 cm³/mol. The highest BCUT2D eigenvalue weighted by molar-refractivity contribution is 9.10. The SMILES string of the molecule is O=c1c(Br)c(OCc2ccccc2)ccn1CCN1CCOCC1. The monoisotopic (exact) mass is 392 g/mol. The van der Waals surface area contributed by atoms with Crippen molar-refractivity contribution in [3.05, 3.63) is 63.0 Å². The number of hydrogen-bond donors (Lipinski definition) is 0. The Morgan fingerprint density at radius 2 is 1.83 bits per heavy atom. The predicted octanol–water partition coefficient (Wildman–Crippen LogP) is 2.52. The first-order chi connectivity index (χ1) is 11.7. The molecule has 5 nitrogen and oxygen atoms in total. The van der Waals surface area contributed by atoms with Gasteiger partial charge in [-0.2, -0.15) is 0 Å². The van der Waals surface area contributed by atoms with Gasteiger partial charge < -0.3 is 14.0 Å². The highest BCUT2D eigenvalue weighted by atomic mass is 79.9. The van der Waals surface area contributed by atoms with E-state index in [-0.39, 0.29) is 5.56 Å². The minimum atomic E-state index is -0.0613. The lowest BCUT2D eigenvalue weighted by molar-refractivity contribution is 0.0362. The molecule has 2 aromatic rings. The normalized spacial score (nSPS) is 15.4. The minimum absolute atomic E-state index is 0.0613. The average Bonchev–Trinajstić information content (AvgIpc) is 2.64. The molecule has 0 bridgehead atoms. The van der Waals surface area contributed by atoms with Gasteiger partial charge in [-0.15, -0.1) is 0 Å². The van der Waals surface area contributed by atoms with Crippen LogP contribution in [0.5, 0.6) is 5.75 Å². The third-order valence-electron chi connectivity index (χ3n) is 4.07. The second-order valence-electron chi connectivity index (χ2n) is 5.72. The van der Waals surface area contributed by atoms with Crippen LogP contribution in [-0.2, 0) is 17.9 Å². The van der Waals surface area contributed by atoms with Crippen molar-refractivity contribution in [2.75, 3.05) is 32.8 Å². The lowest BCUT2D eigenvalue weighted by atomic mass is 10.2. The van der Waals surface area contributed by atoms with E-state index in [1.807, 2.05) is 36.4 Å². The van der Waals surface area contributed by atoms with Crippen LogP contribution < -0.4 is 10.3 Å². The molecular formula is C18H21BrN2O3. The number of hydrogen-bond acceptors (Lipinski definition) is 4. The Morgan fingerprint density at radius 1 is 1.08 bits per heavy atom. The maximum absolute atomic E-state index is 12.5. The molecule has 1 aromatic heterocycles. The molecule has 0 unspecified atom stereocenters. The molecule has 0 atom stereocenters. The first-order valence-corrected chi connectivity index (χ1v) is 8.89. The van der Waals surface area contributed by atoms with Crippen LogP contribution in [0.2, 0.25) is 0 Å². The molecule has 0 aliphatic carbocycles. The number of rotatable bonds is 6. The highest BCUT2D eigenvalue weighted by Gasteiger charge is 2.12. The van der Waals surface area contributed by atoms with Crippen LogP contribution in [0, 0.1) is 0 Å². The second-order valence-corrected chi connectivity index (χ2v) is 6.51. The summed E-state index contributed by atoms with van der Waals surface area (Å²) in [5, 5.41) is 0. The Balaban J connectivity index is 1.61. The van der Waals surface area contributed by atoms with Gasteiger partial charge in [-0.1, -0.05) is 30.3 Å². The van der Waals surface area contributed by atoms with E-state index in [2.05, 4.69) is 20.8 Å². The number of morpholine rings is 1. The lowest BCUT2D eigenvalue weighted by Gasteiger charge is -2.26. The van der Waals surface area contributed by atoms with Gasteiger partial charge in [0.2, 0.25) is 0 Å². The van der Waals surface area contributed by atoms with Crippen molar-refractivity contribution in [1.82, 2.24) is 9.47 Å². The van der Waals surface area contributed by atoms with Crippen LogP contribution in [0.1, 0.15) is 5.56 Å². The fourth-order valence-electron chi connectivity index (χ4n) is 2.63. The van der Waals surface area contributed by atoms with Crippen LogP contribution in [0.15, 0.2) is 51.9 Å². The van der Waals surface area contributed by atoms with Crippen molar-refractivity contribution in [2.24, 2.45) is 0 Å². The van der Waals surface area contributed by atoms with Gasteiger partial charge in [0, 0.05) is 32.4 Å². The van der Waals surface area contributed by atoms with Gasteiger partial charge in [-0.3, -0.25) is 9.69 Å². The number of pyridine rings is 1. The summed E-state index contributed by atoms with van der Waals surface area (Å²) in [6.07, 6.45) is 1.80. The Hall–Kier alpha value is -1.63. The molecule has 0 amide bonds. The lowest BCUT2D eigenvalue weighted by Crippen LogP contribution is -2.39. The van der Waals surface area contributed by atoms with E-state index < -0.39 is 0 Å². The van der Waals surface area contributed by atoms with Crippen LogP contribution in [0.4, 0.5) is 0 Å². The van der Waals surface area contributed by atoms with Crippen molar-refractivity contribution in [3.63, 3.8) is 0 Å². The first kappa shape index (κ1) is 17.2. The van der Waals surface area contributed by atoms with Crippen molar-refractivity contribution < 1.29 is 9.47 Å². The fourth-order valence-corrected chi connectivity index (χ4v) is 3.10. The van der Waals surface area contributed by atoms with E-state index in [1.165, 1.54) is 0 Å². The molecule has 1 fully saturated rings. The Bertz CT molecular complexity index is 712.